The summed E-state index contributed by atoms with van der Waals surface area (Å²) in [4.78, 5) is 31.7. The van der Waals surface area contributed by atoms with E-state index in [-0.39, 0.29) is 11.9 Å². The molecule has 0 aliphatic carbocycles. The quantitative estimate of drug-likeness (QED) is 0.643. The average Bonchev–Trinajstić information content (AvgIpc) is 3.37. The fourth-order valence-corrected chi connectivity index (χ4v) is 4.05. The van der Waals surface area contributed by atoms with Crippen LogP contribution in [0.25, 0.3) is 10.9 Å². The monoisotopic (exact) mass is 375 g/mol. The summed E-state index contributed by atoms with van der Waals surface area (Å²) in [7, 11) is 0. The Kier molecular flexibility index (Phi) is 5.42. The van der Waals surface area contributed by atoms with Crippen molar-refractivity contribution in [3.63, 3.8) is 0 Å². The molecule has 1 aliphatic rings. The van der Waals surface area contributed by atoms with Crippen LogP contribution in [0, 0.1) is 0 Å². The fraction of sp³-hybridized carbons (Fsp3) is 0.304. The van der Waals surface area contributed by atoms with Crippen molar-refractivity contribution in [2.45, 2.75) is 25.3 Å². The molecule has 1 unspecified atom stereocenters. The Morgan fingerprint density at radius 3 is 2.75 bits per heavy atom. The van der Waals surface area contributed by atoms with Gasteiger partial charge in [-0.15, -0.1) is 0 Å². The largest absolute Gasteiger partial charge is 0.360 e. The molecule has 1 atom stereocenters. The SMILES string of the molecule is O=CN1CCCC1CN(CCc1ccccc1)C(=O)c1c[nH]c2ccccc12. The highest BCUT2D eigenvalue weighted by Crippen LogP contribution is 2.22. The van der Waals surface area contributed by atoms with Gasteiger partial charge in [0.25, 0.3) is 5.91 Å². The van der Waals surface area contributed by atoms with E-state index in [1.165, 1.54) is 5.56 Å². The van der Waals surface area contributed by atoms with E-state index in [1.807, 2.05) is 52.3 Å². The molecule has 4 rings (SSSR count). The molecule has 5 heteroatoms. The van der Waals surface area contributed by atoms with Crippen LogP contribution < -0.4 is 0 Å². The first-order valence-electron chi connectivity index (χ1n) is 9.86. The van der Waals surface area contributed by atoms with Gasteiger partial charge in [-0.1, -0.05) is 48.5 Å². The average molecular weight is 375 g/mol. The molecule has 1 aromatic heterocycles. The van der Waals surface area contributed by atoms with Gasteiger partial charge in [0.15, 0.2) is 0 Å². The van der Waals surface area contributed by atoms with Crippen LogP contribution in [0.3, 0.4) is 0 Å². The predicted octanol–water partition coefficient (Wildman–Crippen LogP) is 3.47. The molecule has 0 radical (unpaired) electrons. The Balaban J connectivity index is 1.57. The zero-order valence-corrected chi connectivity index (χ0v) is 15.9. The number of benzene rings is 2. The number of rotatable bonds is 7. The third-order valence-electron chi connectivity index (χ3n) is 5.61. The molecule has 5 nitrogen and oxygen atoms in total. The number of nitrogens with one attached hydrogen (secondary N) is 1. The van der Waals surface area contributed by atoms with Crippen LogP contribution in [0.15, 0.2) is 60.8 Å². The number of fused-ring (bicyclic) bond motifs is 1. The smallest absolute Gasteiger partial charge is 0.256 e. The highest BCUT2D eigenvalue weighted by Gasteiger charge is 2.28. The first-order valence-corrected chi connectivity index (χ1v) is 9.86. The van der Waals surface area contributed by atoms with Gasteiger partial charge in [-0.3, -0.25) is 9.59 Å². The van der Waals surface area contributed by atoms with E-state index in [4.69, 9.17) is 0 Å². The minimum absolute atomic E-state index is 0.0196. The lowest BCUT2D eigenvalue weighted by molar-refractivity contribution is -0.119. The molecule has 2 aromatic carbocycles. The summed E-state index contributed by atoms with van der Waals surface area (Å²) in [6.07, 6.45) is 5.46. The molecule has 0 spiro atoms. The lowest BCUT2D eigenvalue weighted by atomic mass is 10.1. The summed E-state index contributed by atoms with van der Waals surface area (Å²) < 4.78 is 0. The van der Waals surface area contributed by atoms with Crippen LogP contribution in [0.2, 0.25) is 0 Å². The number of para-hydroxylation sites is 1. The van der Waals surface area contributed by atoms with Crippen molar-refractivity contribution < 1.29 is 9.59 Å². The second-order valence-corrected chi connectivity index (χ2v) is 7.37. The number of amides is 2. The van der Waals surface area contributed by atoms with Crippen LogP contribution in [-0.2, 0) is 11.2 Å². The maximum absolute atomic E-state index is 13.4. The summed E-state index contributed by atoms with van der Waals surface area (Å²) in [6, 6.07) is 18.2. The summed E-state index contributed by atoms with van der Waals surface area (Å²) in [5, 5.41) is 0.941. The Morgan fingerprint density at radius 1 is 1.14 bits per heavy atom. The van der Waals surface area contributed by atoms with E-state index in [2.05, 4.69) is 17.1 Å². The van der Waals surface area contributed by atoms with Crippen LogP contribution >= 0.6 is 0 Å². The third-order valence-corrected chi connectivity index (χ3v) is 5.61. The van der Waals surface area contributed by atoms with E-state index in [0.29, 0.717) is 18.7 Å². The van der Waals surface area contributed by atoms with Gasteiger partial charge in [-0.25, -0.2) is 0 Å². The molecule has 3 aromatic rings. The zero-order valence-electron chi connectivity index (χ0n) is 15.9. The number of hydrogen-bond donors (Lipinski definition) is 1. The van der Waals surface area contributed by atoms with Crippen molar-refractivity contribution in [1.82, 2.24) is 14.8 Å². The lowest BCUT2D eigenvalue weighted by Gasteiger charge is -2.29. The maximum atomic E-state index is 13.4. The number of aromatic nitrogens is 1. The van der Waals surface area contributed by atoms with Crippen molar-refractivity contribution in [3.8, 4) is 0 Å². The third kappa shape index (κ3) is 3.79. The van der Waals surface area contributed by atoms with Crippen molar-refractivity contribution in [2.75, 3.05) is 19.6 Å². The number of H-pyrrole nitrogens is 1. The molecule has 0 saturated carbocycles. The van der Waals surface area contributed by atoms with E-state index >= 15 is 0 Å². The fourth-order valence-electron chi connectivity index (χ4n) is 4.05. The molecule has 1 fully saturated rings. The normalized spacial score (nSPS) is 16.4. The van der Waals surface area contributed by atoms with E-state index < -0.39 is 0 Å². The minimum atomic E-state index is 0.0196. The van der Waals surface area contributed by atoms with Crippen molar-refractivity contribution >= 4 is 23.2 Å². The van der Waals surface area contributed by atoms with Gasteiger partial charge in [0, 0.05) is 42.8 Å². The summed E-state index contributed by atoms with van der Waals surface area (Å²) in [6.45, 7) is 1.98. The summed E-state index contributed by atoms with van der Waals surface area (Å²) in [5.74, 6) is 0.0196. The molecule has 2 heterocycles. The van der Waals surface area contributed by atoms with Gasteiger partial charge >= 0.3 is 0 Å². The van der Waals surface area contributed by atoms with Gasteiger partial charge in [0.1, 0.15) is 0 Å². The van der Waals surface area contributed by atoms with E-state index in [1.54, 1.807) is 6.20 Å². The lowest BCUT2D eigenvalue weighted by Crippen LogP contribution is -2.43. The van der Waals surface area contributed by atoms with Crippen LogP contribution in [0.4, 0.5) is 0 Å². The molecule has 0 bridgehead atoms. The second-order valence-electron chi connectivity index (χ2n) is 7.37. The zero-order chi connectivity index (χ0) is 19.3. The first kappa shape index (κ1) is 18.3. The summed E-state index contributed by atoms with van der Waals surface area (Å²) >= 11 is 0. The number of carbonyl (C=O) groups is 2. The van der Waals surface area contributed by atoms with E-state index in [9.17, 15) is 9.59 Å². The van der Waals surface area contributed by atoms with Crippen LogP contribution in [0.5, 0.6) is 0 Å². The number of hydrogen-bond acceptors (Lipinski definition) is 2. The number of likely N-dealkylation sites (tertiary alicyclic amines) is 1. The topological polar surface area (TPSA) is 56.4 Å². The highest BCUT2D eigenvalue weighted by atomic mass is 16.2. The molecular formula is C23H25N3O2. The van der Waals surface area contributed by atoms with Crippen molar-refractivity contribution in [1.29, 1.82) is 0 Å². The predicted molar refractivity (Wildman–Crippen MR) is 110 cm³/mol. The van der Waals surface area contributed by atoms with Crippen molar-refractivity contribution in [2.24, 2.45) is 0 Å². The Bertz CT molecular complexity index is 951. The number of nitrogens with zero attached hydrogens (tertiary/aromatic N) is 2. The Labute approximate surface area is 165 Å². The van der Waals surface area contributed by atoms with Gasteiger partial charge in [-0.05, 0) is 30.9 Å². The standard InChI is InChI=1S/C23H25N3O2/c27-17-26-13-6-9-19(26)16-25(14-12-18-7-2-1-3-8-18)23(28)21-15-24-22-11-5-4-10-20(21)22/h1-5,7-8,10-11,15,17,19,24H,6,9,12-14,16H2. The second kappa shape index (κ2) is 8.30. The van der Waals surface area contributed by atoms with Gasteiger partial charge in [-0.2, -0.15) is 0 Å². The van der Waals surface area contributed by atoms with Gasteiger partial charge in [0.05, 0.1) is 5.56 Å². The molecule has 1 saturated heterocycles. The Hall–Kier alpha value is -3.08. The summed E-state index contributed by atoms with van der Waals surface area (Å²) in [5.41, 5.74) is 2.86. The van der Waals surface area contributed by atoms with Crippen molar-refractivity contribution in [3.05, 3.63) is 71.9 Å². The van der Waals surface area contributed by atoms with Gasteiger partial charge in [0.2, 0.25) is 6.41 Å². The molecule has 1 N–H and O–H groups in total. The first-order chi connectivity index (χ1) is 13.8. The van der Waals surface area contributed by atoms with Crippen LogP contribution in [0.1, 0.15) is 28.8 Å². The molecular weight excluding hydrogens is 350 g/mol. The van der Waals surface area contributed by atoms with Gasteiger partial charge < -0.3 is 14.8 Å². The number of aromatic amines is 1. The van der Waals surface area contributed by atoms with Crippen LogP contribution in [-0.4, -0.2) is 52.8 Å². The molecule has 28 heavy (non-hydrogen) atoms. The molecule has 1 aliphatic heterocycles. The molecule has 144 valence electrons. The number of carbonyl (C=O) groups excluding carboxylic acids is 2. The molecule has 2 amide bonds. The van der Waals surface area contributed by atoms with E-state index in [0.717, 1.165) is 43.1 Å². The minimum Gasteiger partial charge on any atom is -0.360 e. The highest BCUT2D eigenvalue weighted by molar-refractivity contribution is 6.06. The Morgan fingerprint density at radius 2 is 1.93 bits per heavy atom. The maximum Gasteiger partial charge on any atom is 0.256 e.